The molecular formula is C13H24N2O2. The fourth-order valence-electron chi connectivity index (χ4n) is 3.38. The first kappa shape index (κ1) is 11.9. The van der Waals surface area contributed by atoms with Crippen LogP contribution in [-0.2, 0) is 9.47 Å². The second kappa shape index (κ2) is 5.22. The van der Waals surface area contributed by atoms with E-state index in [1.807, 2.05) is 0 Å². The number of ether oxygens (including phenoxy) is 2. The molecule has 2 atom stereocenters. The Balaban J connectivity index is 1.52. The normalized spacial score (nSPS) is 39.9. The summed E-state index contributed by atoms with van der Waals surface area (Å²) in [6, 6.07) is 0. The third-order valence-electron chi connectivity index (χ3n) is 4.24. The van der Waals surface area contributed by atoms with Gasteiger partial charge in [0.15, 0.2) is 0 Å². The minimum absolute atomic E-state index is 0.0269. The van der Waals surface area contributed by atoms with Gasteiger partial charge in [-0.25, -0.2) is 0 Å². The molecule has 3 heterocycles. The quantitative estimate of drug-likeness (QED) is 0.761. The van der Waals surface area contributed by atoms with Gasteiger partial charge < -0.3 is 19.7 Å². The smallest absolute Gasteiger partial charge is 0.104 e. The lowest BCUT2D eigenvalue weighted by atomic mass is 9.94. The minimum atomic E-state index is -0.0269. The Kier molecular flexibility index (Phi) is 3.66. The third-order valence-corrected chi connectivity index (χ3v) is 4.24. The van der Waals surface area contributed by atoms with Crippen molar-refractivity contribution in [2.45, 2.75) is 24.9 Å². The van der Waals surface area contributed by atoms with Crippen molar-refractivity contribution >= 4 is 0 Å². The highest BCUT2D eigenvalue weighted by Gasteiger charge is 2.41. The molecule has 1 spiro atoms. The van der Waals surface area contributed by atoms with E-state index in [-0.39, 0.29) is 5.60 Å². The zero-order valence-corrected chi connectivity index (χ0v) is 10.6. The van der Waals surface area contributed by atoms with Crippen molar-refractivity contribution < 1.29 is 9.47 Å². The van der Waals surface area contributed by atoms with Gasteiger partial charge in [-0.05, 0) is 38.3 Å². The number of hydrogen-bond donors (Lipinski definition) is 1. The zero-order chi connectivity index (χ0) is 11.6. The van der Waals surface area contributed by atoms with E-state index < -0.39 is 0 Å². The highest BCUT2D eigenvalue weighted by atomic mass is 16.5. The molecule has 3 aliphatic rings. The van der Waals surface area contributed by atoms with Gasteiger partial charge in [0.25, 0.3) is 0 Å². The highest BCUT2D eigenvalue weighted by molar-refractivity contribution is 4.93. The molecule has 3 saturated heterocycles. The molecule has 2 unspecified atom stereocenters. The molecule has 0 amide bonds. The van der Waals surface area contributed by atoms with E-state index in [2.05, 4.69) is 10.2 Å². The van der Waals surface area contributed by atoms with E-state index in [0.717, 1.165) is 39.3 Å². The first-order valence-electron chi connectivity index (χ1n) is 7.01. The van der Waals surface area contributed by atoms with Gasteiger partial charge in [0.2, 0.25) is 0 Å². The average molecular weight is 240 g/mol. The summed E-state index contributed by atoms with van der Waals surface area (Å²) < 4.78 is 11.7. The largest absolute Gasteiger partial charge is 0.377 e. The van der Waals surface area contributed by atoms with Gasteiger partial charge in [0, 0.05) is 19.6 Å². The van der Waals surface area contributed by atoms with Crippen LogP contribution in [0.5, 0.6) is 0 Å². The van der Waals surface area contributed by atoms with Gasteiger partial charge in [-0.1, -0.05) is 0 Å². The summed E-state index contributed by atoms with van der Waals surface area (Å²) in [5, 5.41) is 3.43. The fourth-order valence-corrected chi connectivity index (χ4v) is 3.38. The maximum absolute atomic E-state index is 6.07. The van der Waals surface area contributed by atoms with Gasteiger partial charge in [-0.3, -0.25) is 0 Å². The van der Waals surface area contributed by atoms with E-state index in [9.17, 15) is 0 Å². The molecule has 4 nitrogen and oxygen atoms in total. The summed E-state index contributed by atoms with van der Waals surface area (Å²) in [7, 11) is 0. The molecule has 17 heavy (non-hydrogen) atoms. The third kappa shape index (κ3) is 2.81. The van der Waals surface area contributed by atoms with Crippen LogP contribution in [0, 0.1) is 5.92 Å². The first-order valence-corrected chi connectivity index (χ1v) is 7.01. The van der Waals surface area contributed by atoms with Crippen molar-refractivity contribution in [3.05, 3.63) is 0 Å². The second-order valence-corrected chi connectivity index (χ2v) is 5.80. The Bertz CT molecular complexity index is 246. The Hall–Kier alpha value is -0.160. The predicted molar refractivity (Wildman–Crippen MR) is 66.2 cm³/mol. The SMILES string of the molecule is C1CCN(CC2COC3(CNCCOC3)C2)C1. The van der Waals surface area contributed by atoms with Crippen LogP contribution in [0.15, 0.2) is 0 Å². The molecule has 4 heteroatoms. The first-order chi connectivity index (χ1) is 8.36. The molecular weight excluding hydrogens is 216 g/mol. The summed E-state index contributed by atoms with van der Waals surface area (Å²) in [6.45, 7) is 8.24. The summed E-state index contributed by atoms with van der Waals surface area (Å²) >= 11 is 0. The molecule has 98 valence electrons. The number of rotatable bonds is 2. The molecule has 0 aromatic heterocycles. The van der Waals surface area contributed by atoms with Gasteiger partial charge in [-0.15, -0.1) is 0 Å². The van der Waals surface area contributed by atoms with Crippen molar-refractivity contribution in [3.8, 4) is 0 Å². The van der Waals surface area contributed by atoms with Crippen molar-refractivity contribution in [2.75, 3.05) is 52.5 Å². The standard InChI is InChI=1S/C13H24N2O2/c1-2-5-15(4-1)8-12-7-13(17-9-12)10-14-3-6-16-11-13/h12,14H,1-11H2. The summed E-state index contributed by atoms with van der Waals surface area (Å²) in [5.41, 5.74) is -0.0269. The van der Waals surface area contributed by atoms with E-state index >= 15 is 0 Å². The summed E-state index contributed by atoms with van der Waals surface area (Å²) in [5.74, 6) is 0.705. The summed E-state index contributed by atoms with van der Waals surface area (Å²) in [6.07, 6.45) is 3.92. The Morgan fingerprint density at radius 3 is 3.06 bits per heavy atom. The van der Waals surface area contributed by atoms with E-state index in [0.29, 0.717) is 5.92 Å². The van der Waals surface area contributed by atoms with Crippen LogP contribution < -0.4 is 5.32 Å². The molecule has 0 aromatic carbocycles. The second-order valence-electron chi connectivity index (χ2n) is 5.80. The van der Waals surface area contributed by atoms with Crippen LogP contribution in [0.3, 0.4) is 0 Å². The molecule has 3 fully saturated rings. The molecule has 0 saturated carbocycles. The minimum Gasteiger partial charge on any atom is -0.377 e. The number of nitrogens with zero attached hydrogens (tertiary/aromatic N) is 1. The molecule has 0 radical (unpaired) electrons. The highest BCUT2D eigenvalue weighted by Crippen LogP contribution is 2.32. The van der Waals surface area contributed by atoms with E-state index in [1.54, 1.807) is 0 Å². The molecule has 0 bridgehead atoms. The lowest BCUT2D eigenvalue weighted by molar-refractivity contribution is -0.0472. The number of nitrogens with one attached hydrogen (secondary N) is 1. The van der Waals surface area contributed by atoms with Gasteiger partial charge in [0.1, 0.15) is 5.60 Å². The van der Waals surface area contributed by atoms with Gasteiger partial charge in [0.05, 0.1) is 19.8 Å². The van der Waals surface area contributed by atoms with E-state index in [1.165, 1.54) is 32.5 Å². The van der Waals surface area contributed by atoms with Crippen LogP contribution in [0.25, 0.3) is 0 Å². The molecule has 3 rings (SSSR count). The van der Waals surface area contributed by atoms with Crippen molar-refractivity contribution in [3.63, 3.8) is 0 Å². The molecule has 1 N–H and O–H groups in total. The van der Waals surface area contributed by atoms with Crippen molar-refractivity contribution in [2.24, 2.45) is 5.92 Å². The molecule has 3 aliphatic heterocycles. The predicted octanol–water partition coefficient (Wildman–Crippen LogP) is 0.477. The summed E-state index contributed by atoms with van der Waals surface area (Å²) in [4.78, 5) is 2.60. The van der Waals surface area contributed by atoms with Crippen LogP contribution in [0.1, 0.15) is 19.3 Å². The molecule has 0 aromatic rings. The Morgan fingerprint density at radius 2 is 2.18 bits per heavy atom. The number of likely N-dealkylation sites (tertiary alicyclic amines) is 1. The van der Waals surface area contributed by atoms with Crippen LogP contribution in [0.4, 0.5) is 0 Å². The Morgan fingerprint density at radius 1 is 1.29 bits per heavy atom. The monoisotopic (exact) mass is 240 g/mol. The van der Waals surface area contributed by atoms with Crippen LogP contribution in [0.2, 0.25) is 0 Å². The van der Waals surface area contributed by atoms with Gasteiger partial charge >= 0.3 is 0 Å². The van der Waals surface area contributed by atoms with Gasteiger partial charge in [-0.2, -0.15) is 0 Å². The average Bonchev–Trinajstić information content (AvgIpc) is 2.89. The number of hydrogen-bond acceptors (Lipinski definition) is 4. The lowest BCUT2D eigenvalue weighted by Gasteiger charge is -2.26. The molecule has 0 aliphatic carbocycles. The van der Waals surface area contributed by atoms with Crippen LogP contribution >= 0.6 is 0 Å². The maximum atomic E-state index is 6.07. The lowest BCUT2D eigenvalue weighted by Crippen LogP contribution is -2.42. The Labute approximate surface area is 104 Å². The van der Waals surface area contributed by atoms with Crippen LogP contribution in [-0.4, -0.2) is 63.0 Å². The van der Waals surface area contributed by atoms with Crippen molar-refractivity contribution in [1.82, 2.24) is 10.2 Å². The van der Waals surface area contributed by atoms with Crippen molar-refractivity contribution in [1.29, 1.82) is 0 Å². The maximum Gasteiger partial charge on any atom is 0.104 e. The fraction of sp³-hybridized carbons (Fsp3) is 1.00. The zero-order valence-electron chi connectivity index (χ0n) is 10.6. The topological polar surface area (TPSA) is 33.7 Å². The van der Waals surface area contributed by atoms with E-state index in [4.69, 9.17) is 9.47 Å².